The van der Waals surface area contributed by atoms with Gasteiger partial charge in [0.15, 0.2) is 0 Å². The standard InChI is InChI=1S/C15H24BrNO2/c1-3-17-12-14(7-8-19-10-9-18-2)13-5-4-6-15(16)11-13/h4-6,11,14,17H,3,7-10,12H2,1-2H3. The van der Waals surface area contributed by atoms with Crippen molar-refractivity contribution in [3.8, 4) is 0 Å². The zero-order valence-corrected chi connectivity index (χ0v) is 13.4. The highest BCUT2D eigenvalue weighted by molar-refractivity contribution is 9.10. The Labute approximate surface area is 124 Å². The van der Waals surface area contributed by atoms with Gasteiger partial charge in [-0.3, -0.25) is 0 Å². The van der Waals surface area contributed by atoms with E-state index in [1.165, 1.54) is 5.56 Å². The summed E-state index contributed by atoms with van der Waals surface area (Å²) in [4.78, 5) is 0. The highest BCUT2D eigenvalue weighted by atomic mass is 79.9. The maximum atomic E-state index is 5.57. The van der Waals surface area contributed by atoms with Gasteiger partial charge in [-0.05, 0) is 36.6 Å². The number of rotatable bonds is 10. The van der Waals surface area contributed by atoms with Gasteiger partial charge >= 0.3 is 0 Å². The summed E-state index contributed by atoms with van der Waals surface area (Å²) < 4.78 is 11.7. The molecule has 0 aliphatic carbocycles. The minimum atomic E-state index is 0.486. The molecule has 108 valence electrons. The van der Waals surface area contributed by atoms with Crippen LogP contribution in [0.2, 0.25) is 0 Å². The van der Waals surface area contributed by atoms with E-state index in [9.17, 15) is 0 Å². The zero-order valence-electron chi connectivity index (χ0n) is 11.8. The molecule has 0 saturated heterocycles. The lowest BCUT2D eigenvalue weighted by Gasteiger charge is -2.18. The number of benzene rings is 1. The van der Waals surface area contributed by atoms with Gasteiger partial charge in [0.2, 0.25) is 0 Å². The first-order valence-electron chi connectivity index (χ1n) is 6.80. The molecular weight excluding hydrogens is 306 g/mol. The van der Waals surface area contributed by atoms with Crippen LogP contribution in [0.4, 0.5) is 0 Å². The van der Waals surface area contributed by atoms with E-state index in [-0.39, 0.29) is 0 Å². The fourth-order valence-corrected chi connectivity index (χ4v) is 2.35. The van der Waals surface area contributed by atoms with Gasteiger partial charge in [0.25, 0.3) is 0 Å². The third-order valence-electron chi connectivity index (χ3n) is 3.00. The number of hydrogen-bond donors (Lipinski definition) is 1. The van der Waals surface area contributed by atoms with E-state index in [0.29, 0.717) is 19.1 Å². The SMILES string of the molecule is CCNCC(CCOCCOC)c1cccc(Br)c1. The van der Waals surface area contributed by atoms with Gasteiger partial charge in [-0.2, -0.15) is 0 Å². The van der Waals surface area contributed by atoms with Gasteiger partial charge in [0, 0.05) is 24.7 Å². The Hall–Kier alpha value is -0.420. The Morgan fingerprint density at radius 2 is 2.11 bits per heavy atom. The van der Waals surface area contributed by atoms with Gasteiger partial charge in [-0.1, -0.05) is 35.0 Å². The Morgan fingerprint density at radius 1 is 1.26 bits per heavy atom. The van der Waals surface area contributed by atoms with Crippen molar-refractivity contribution in [1.29, 1.82) is 0 Å². The van der Waals surface area contributed by atoms with Crippen LogP contribution in [0.25, 0.3) is 0 Å². The molecule has 0 heterocycles. The molecule has 1 aromatic rings. The van der Waals surface area contributed by atoms with Crippen LogP contribution in [-0.4, -0.2) is 40.0 Å². The van der Waals surface area contributed by atoms with Crippen LogP contribution in [0.15, 0.2) is 28.7 Å². The third-order valence-corrected chi connectivity index (χ3v) is 3.50. The summed E-state index contributed by atoms with van der Waals surface area (Å²) >= 11 is 3.53. The number of halogens is 1. The van der Waals surface area contributed by atoms with Crippen molar-refractivity contribution in [1.82, 2.24) is 5.32 Å². The lowest BCUT2D eigenvalue weighted by Crippen LogP contribution is -2.22. The highest BCUT2D eigenvalue weighted by Gasteiger charge is 2.11. The number of hydrogen-bond acceptors (Lipinski definition) is 3. The van der Waals surface area contributed by atoms with Crippen molar-refractivity contribution in [3.05, 3.63) is 34.3 Å². The van der Waals surface area contributed by atoms with E-state index in [2.05, 4.69) is 52.4 Å². The molecule has 1 N–H and O–H groups in total. The summed E-state index contributed by atoms with van der Waals surface area (Å²) in [5.74, 6) is 0.486. The first kappa shape index (κ1) is 16.6. The monoisotopic (exact) mass is 329 g/mol. The smallest absolute Gasteiger partial charge is 0.0700 e. The van der Waals surface area contributed by atoms with Gasteiger partial charge in [0.05, 0.1) is 13.2 Å². The Morgan fingerprint density at radius 3 is 2.79 bits per heavy atom. The topological polar surface area (TPSA) is 30.5 Å². The highest BCUT2D eigenvalue weighted by Crippen LogP contribution is 2.22. The molecule has 0 saturated carbocycles. The van der Waals surface area contributed by atoms with Gasteiger partial charge in [-0.25, -0.2) is 0 Å². The summed E-state index contributed by atoms with van der Waals surface area (Å²) in [7, 11) is 1.69. The molecule has 1 unspecified atom stereocenters. The lowest BCUT2D eigenvalue weighted by atomic mass is 9.96. The van der Waals surface area contributed by atoms with E-state index in [0.717, 1.165) is 30.6 Å². The van der Waals surface area contributed by atoms with Gasteiger partial charge in [-0.15, -0.1) is 0 Å². The molecule has 0 spiro atoms. The second-order valence-corrected chi connectivity index (χ2v) is 5.37. The Balaban J connectivity index is 2.47. The summed E-state index contributed by atoms with van der Waals surface area (Å²) in [6.07, 6.45) is 1.02. The van der Waals surface area contributed by atoms with E-state index >= 15 is 0 Å². The van der Waals surface area contributed by atoms with Gasteiger partial charge in [0.1, 0.15) is 0 Å². The fraction of sp³-hybridized carbons (Fsp3) is 0.600. The lowest BCUT2D eigenvalue weighted by molar-refractivity contribution is 0.0670. The number of methoxy groups -OCH3 is 1. The minimum Gasteiger partial charge on any atom is -0.382 e. The number of likely N-dealkylation sites (N-methyl/N-ethyl adjacent to an activating group) is 1. The maximum Gasteiger partial charge on any atom is 0.0700 e. The molecule has 0 aromatic heterocycles. The molecule has 1 rings (SSSR count). The molecule has 0 amide bonds. The largest absolute Gasteiger partial charge is 0.382 e. The molecule has 3 nitrogen and oxygen atoms in total. The van der Waals surface area contributed by atoms with E-state index < -0.39 is 0 Å². The minimum absolute atomic E-state index is 0.486. The van der Waals surface area contributed by atoms with Crippen molar-refractivity contribution in [2.24, 2.45) is 0 Å². The van der Waals surface area contributed by atoms with Gasteiger partial charge < -0.3 is 14.8 Å². The van der Waals surface area contributed by atoms with Crippen LogP contribution in [-0.2, 0) is 9.47 Å². The molecule has 0 aliphatic heterocycles. The molecule has 1 aromatic carbocycles. The van der Waals surface area contributed by atoms with Crippen molar-refractivity contribution in [2.45, 2.75) is 19.3 Å². The molecule has 0 radical (unpaired) electrons. The maximum absolute atomic E-state index is 5.57. The fourth-order valence-electron chi connectivity index (χ4n) is 1.94. The van der Waals surface area contributed by atoms with Crippen LogP contribution >= 0.6 is 15.9 Å². The Kier molecular flexibility index (Phi) is 9.08. The van der Waals surface area contributed by atoms with Crippen LogP contribution in [0, 0.1) is 0 Å². The average Bonchev–Trinajstić information content (AvgIpc) is 2.42. The summed E-state index contributed by atoms with van der Waals surface area (Å²) in [6.45, 7) is 6.21. The summed E-state index contributed by atoms with van der Waals surface area (Å²) in [5, 5.41) is 3.42. The van der Waals surface area contributed by atoms with Crippen molar-refractivity contribution >= 4 is 15.9 Å². The summed E-state index contributed by atoms with van der Waals surface area (Å²) in [5.41, 5.74) is 1.35. The first-order valence-corrected chi connectivity index (χ1v) is 7.60. The average molecular weight is 330 g/mol. The van der Waals surface area contributed by atoms with E-state index in [4.69, 9.17) is 9.47 Å². The van der Waals surface area contributed by atoms with Crippen LogP contribution < -0.4 is 5.32 Å². The molecule has 1 atom stereocenters. The molecular formula is C15H24BrNO2. The van der Waals surface area contributed by atoms with Crippen molar-refractivity contribution < 1.29 is 9.47 Å². The summed E-state index contributed by atoms with van der Waals surface area (Å²) in [6, 6.07) is 8.52. The number of ether oxygens (including phenoxy) is 2. The zero-order chi connectivity index (χ0) is 13.9. The predicted octanol–water partition coefficient (Wildman–Crippen LogP) is 3.20. The quantitative estimate of drug-likeness (QED) is 0.669. The first-order chi connectivity index (χ1) is 9.27. The van der Waals surface area contributed by atoms with Crippen molar-refractivity contribution in [2.75, 3.05) is 40.0 Å². The predicted molar refractivity (Wildman–Crippen MR) is 82.7 cm³/mol. The molecule has 0 aliphatic rings. The molecule has 19 heavy (non-hydrogen) atoms. The Bertz CT molecular complexity index is 347. The van der Waals surface area contributed by atoms with E-state index in [1.807, 2.05) is 0 Å². The van der Waals surface area contributed by atoms with Crippen molar-refractivity contribution in [3.63, 3.8) is 0 Å². The van der Waals surface area contributed by atoms with Crippen LogP contribution in [0.1, 0.15) is 24.8 Å². The normalized spacial score (nSPS) is 12.6. The molecule has 0 fully saturated rings. The van der Waals surface area contributed by atoms with Crippen LogP contribution in [0.3, 0.4) is 0 Å². The molecule has 0 bridgehead atoms. The second-order valence-electron chi connectivity index (χ2n) is 4.45. The second kappa shape index (κ2) is 10.4. The third kappa shape index (κ3) is 7.06. The number of nitrogens with one attached hydrogen (secondary N) is 1. The van der Waals surface area contributed by atoms with E-state index in [1.54, 1.807) is 7.11 Å². The van der Waals surface area contributed by atoms with Crippen LogP contribution in [0.5, 0.6) is 0 Å². The molecule has 4 heteroatoms.